The fourth-order valence-corrected chi connectivity index (χ4v) is 2.73. The van der Waals surface area contributed by atoms with Crippen LogP contribution >= 0.6 is 24.2 Å². The van der Waals surface area contributed by atoms with Crippen LogP contribution in [0.5, 0.6) is 0 Å². The van der Waals surface area contributed by atoms with E-state index in [-0.39, 0.29) is 24.2 Å². The first-order chi connectivity index (χ1) is 6.57. The van der Waals surface area contributed by atoms with Crippen LogP contribution in [0.4, 0.5) is 0 Å². The minimum Gasteiger partial charge on any atom is -0.338 e. The van der Waals surface area contributed by atoms with Gasteiger partial charge in [-0.05, 0) is 6.92 Å². The zero-order valence-electron chi connectivity index (χ0n) is 9.60. The Morgan fingerprint density at radius 1 is 1.60 bits per heavy atom. The fraction of sp³-hybridized carbons (Fsp3) is 0.900. The number of rotatable bonds is 2. The highest BCUT2D eigenvalue weighted by Gasteiger charge is 2.30. The van der Waals surface area contributed by atoms with Gasteiger partial charge in [-0.1, -0.05) is 13.8 Å². The summed E-state index contributed by atoms with van der Waals surface area (Å²) in [7, 11) is 0. The second-order valence-electron chi connectivity index (χ2n) is 3.98. The van der Waals surface area contributed by atoms with Gasteiger partial charge in [0.15, 0.2) is 0 Å². The Balaban J connectivity index is 0.00000196. The molecular formula is C10H21ClN2OS. The molecular weight excluding hydrogens is 232 g/mol. The lowest BCUT2D eigenvalue weighted by Crippen LogP contribution is -2.50. The standard InChI is InChI=1S/C10H20N2OS.ClH/c1-7(6-11)10(13)12-4-5-14-9(3)8(12)2;/h7-9H,4-6,11H2,1-3H3;1H. The quantitative estimate of drug-likeness (QED) is 0.807. The van der Waals surface area contributed by atoms with E-state index in [2.05, 4.69) is 13.8 Å². The van der Waals surface area contributed by atoms with Crippen molar-refractivity contribution in [2.45, 2.75) is 32.1 Å². The van der Waals surface area contributed by atoms with Gasteiger partial charge in [0.25, 0.3) is 0 Å². The van der Waals surface area contributed by atoms with Crippen molar-refractivity contribution < 1.29 is 4.79 Å². The topological polar surface area (TPSA) is 46.3 Å². The molecule has 0 spiro atoms. The second kappa shape index (κ2) is 6.61. The lowest BCUT2D eigenvalue weighted by atomic mass is 10.1. The van der Waals surface area contributed by atoms with Gasteiger partial charge in [0.1, 0.15) is 0 Å². The highest BCUT2D eigenvalue weighted by molar-refractivity contribution is 8.00. The Morgan fingerprint density at radius 2 is 2.20 bits per heavy atom. The molecule has 1 heterocycles. The molecule has 1 rings (SSSR count). The van der Waals surface area contributed by atoms with Crippen LogP contribution in [0.15, 0.2) is 0 Å². The van der Waals surface area contributed by atoms with E-state index < -0.39 is 0 Å². The van der Waals surface area contributed by atoms with E-state index >= 15 is 0 Å². The number of amides is 1. The largest absolute Gasteiger partial charge is 0.338 e. The van der Waals surface area contributed by atoms with Crippen LogP contribution in [-0.2, 0) is 4.79 Å². The monoisotopic (exact) mass is 252 g/mol. The van der Waals surface area contributed by atoms with Gasteiger partial charge >= 0.3 is 0 Å². The first kappa shape index (κ1) is 15.1. The third kappa shape index (κ3) is 3.54. The van der Waals surface area contributed by atoms with Crippen LogP contribution in [0.3, 0.4) is 0 Å². The van der Waals surface area contributed by atoms with E-state index in [9.17, 15) is 4.79 Å². The first-order valence-electron chi connectivity index (χ1n) is 5.20. The summed E-state index contributed by atoms with van der Waals surface area (Å²) in [6, 6.07) is 0.343. The van der Waals surface area contributed by atoms with E-state index in [1.165, 1.54) is 0 Å². The molecule has 3 unspecified atom stereocenters. The summed E-state index contributed by atoms with van der Waals surface area (Å²) in [5.41, 5.74) is 5.51. The Kier molecular flexibility index (Phi) is 6.64. The number of nitrogens with two attached hydrogens (primary N) is 1. The molecule has 1 aliphatic rings. The van der Waals surface area contributed by atoms with Crippen LogP contribution in [0.2, 0.25) is 0 Å². The summed E-state index contributed by atoms with van der Waals surface area (Å²) >= 11 is 1.94. The fourth-order valence-electron chi connectivity index (χ4n) is 1.63. The maximum absolute atomic E-state index is 11.9. The van der Waals surface area contributed by atoms with E-state index in [0.717, 1.165) is 12.3 Å². The van der Waals surface area contributed by atoms with Crippen LogP contribution in [0.25, 0.3) is 0 Å². The minimum atomic E-state index is -0.0345. The molecule has 0 aromatic rings. The van der Waals surface area contributed by atoms with Gasteiger partial charge in [-0.25, -0.2) is 0 Å². The molecule has 1 fully saturated rings. The Morgan fingerprint density at radius 3 is 2.73 bits per heavy atom. The molecule has 3 nitrogen and oxygen atoms in total. The molecule has 2 N–H and O–H groups in total. The average Bonchev–Trinajstić information content (AvgIpc) is 2.20. The zero-order chi connectivity index (χ0) is 10.7. The van der Waals surface area contributed by atoms with Crippen molar-refractivity contribution in [1.29, 1.82) is 0 Å². The van der Waals surface area contributed by atoms with Crippen molar-refractivity contribution >= 4 is 30.1 Å². The number of hydrogen-bond donors (Lipinski definition) is 1. The van der Waals surface area contributed by atoms with Crippen molar-refractivity contribution in [1.82, 2.24) is 4.90 Å². The number of halogens is 1. The normalized spacial score (nSPS) is 28.1. The van der Waals surface area contributed by atoms with Crippen LogP contribution in [0.1, 0.15) is 20.8 Å². The third-order valence-corrected chi connectivity index (χ3v) is 4.28. The lowest BCUT2D eigenvalue weighted by Gasteiger charge is -2.38. The molecule has 1 amide bonds. The predicted molar refractivity (Wildman–Crippen MR) is 68.6 cm³/mol. The van der Waals surface area contributed by atoms with Crippen molar-refractivity contribution in [2.24, 2.45) is 11.7 Å². The van der Waals surface area contributed by atoms with Gasteiger partial charge in [0.2, 0.25) is 5.91 Å². The van der Waals surface area contributed by atoms with Crippen LogP contribution < -0.4 is 5.73 Å². The van der Waals surface area contributed by atoms with Gasteiger partial charge in [0, 0.05) is 36.1 Å². The molecule has 15 heavy (non-hydrogen) atoms. The molecule has 5 heteroatoms. The van der Waals surface area contributed by atoms with Crippen molar-refractivity contribution in [3.63, 3.8) is 0 Å². The van der Waals surface area contributed by atoms with Gasteiger partial charge < -0.3 is 10.6 Å². The van der Waals surface area contributed by atoms with Gasteiger partial charge in [-0.3, -0.25) is 4.79 Å². The second-order valence-corrected chi connectivity index (χ2v) is 5.47. The SMILES string of the molecule is CC(CN)C(=O)N1CCSC(C)C1C.Cl. The van der Waals surface area contributed by atoms with E-state index in [1.54, 1.807) is 0 Å². The van der Waals surface area contributed by atoms with E-state index in [1.807, 2.05) is 23.6 Å². The summed E-state index contributed by atoms with van der Waals surface area (Å²) < 4.78 is 0. The van der Waals surface area contributed by atoms with Crippen LogP contribution in [0, 0.1) is 5.92 Å². The van der Waals surface area contributed by atoms with Gasteiger partial charge in [0.05, 0.1) is 0 Å². The van der Waals surface area contributed by atoms with Gasteiger partial charge in [-0.15, -0.1) is 12.4 Å². The molecule has 0 saturated carbocycles. The highest BCUT2D eigenvalue weighted by atomic mass is 35.5. The number of nitrogens with zero attached hydrogens (tertiary/aromatic N) is 1. The predicted octanol–water partition coefficient (Wildman–Crippen LogP) is 1.36. The molecule has 3 atom stereocenters. The van der Waals surface area contributed by atoms with Crippen molar-refractivity contribution in [2.75, 3.05) is 18.8 Å². The molecule has 0 radical (unpaired) electrons. The Bertz CT molecular complexity index is 216. The molecule has 0 aliphatic carbocycles. The average molecular weight is 253 g/mol. The maximum Gasteiger partial charge on any atom is 0.226 e. The van der Waals surface area contributed by atoms with E-state index in [0.29, 0.717) is 17.8 Å². The smallest absolute Gasteiger partial charge is 0.226 e. The van der Waals surface area contributed by atoms with Crippen LogP contribution in [-0.4, -0.2) is 40.9 Å². The Labute approximate surface area is 103 Å². The molecule has 90 valence electrons. The Hall–Kier alpha value is 0.0700. The number of carbonyl (C=O) groups is 1. The number of thioether (sulfide) groups is 1. The summed E-state index contributed by atoms with van der Waals surface area (Å²) in [5, 5.41) is 0.540. The number of carbonyl (C=O) groups excluding carboxylic acids is 1. The molecule has 0 bridgehead atoms. The highest BCUT2D eigenvalue weighted by Crippen LogP contribution is 2.25. The molecule has 1 aliphatic heterocycles. The van der Waals surface area contributed by atoms with Crippen molar-refractivity contribution in [3.05, 3.63) is 0 Å². The zero-order valence-corrected chi connectivity index (χ0v) is 11.2. The van der Waals surface area contributed by atoms with Gasteiger partial charge in [-0.2, -0.15) is 11.8 Å². The summed E-state index contributed by atoms with van der Waals surface area (Å²) in [4.78, 5) is 13.9. The summed E-state index contributed by atoms with van der Waals surface area (Å²) in [6.45, 7) is 7.53. The summed E-state index contributed by atoms with van der Waals surface area (Å²) in [5.74, 6) is 1.23. The molecule has 0 aromatic carbocycles. The first-order valence-corrected chi connectivity index (χ1v) is 6.25. The molecule has 0 aromatic heterocycles. The number of hydrogen-bond acceptors (Lipinski definition) is 3. The van der Waals surface area contributed by atoms with E-state index in [4.69, 9.17) is 5.73 Å². The minimum absolute atomic E-state index is 0. The maximum atomic E-state index is 11.9. The van der Waals surface area contributed by atoms with Crippen molar-refractivity contribution in [3.8, 4) is 0 Å². The lowest BCUT2D eigenvalue weighted by molar-refractivity contribution is -0.136. The molecule has 1 saturated heterocycles. The summed E-state index contributed by atoms with van der Waals surface area (Å²) in [6.07, 6.45) is 0. The third-order valence-electron chi connectivity index (χ3n) is 2.94.